The van der Waals surface area contributed by atoms with Gasteiger partial charge in [0.1, 0.15) is 18.2 Å². The van der Waals surface area contributed by atoms with E-state index in [4.69, 9.17) is 9.84 Å². The number of aliphatic carboxylic acids is 1. The fourth-order valence-corrected chi connectivity index (χ4v) is 4.45. The minimum atomic E-state index is -1.23. The van der Waals surface area contributed by atoms with E-state index < -0.39 is 29.6 Å². The molecule has 32 heavy (non-hydrogen) atoms. The Morgan fingerprint density at radius 3 is 2.12 bits per heavy atom. The topological polar surface area (TPSA) is 125 Å². The summed E-state index contributed by atoms with van der Waals surface area (Å²) >= 11 is 0. The maximum absolute atomic E-state index is 12.7. The lowest BCUT2D eigenvalue weighted by atomic mass is 9.76. The second-order valence-electron chi connectivity index (χ2n) is 8.26. The van der Waals surface area contributed by atoms with Crippen LogP contribution in [-0.4, -0.2) is 53.0 Å². The molecule has 8 heteroatoms. The Kier molecular flexibility index (Phi) is 6.14. The van der Waals surface area contributed by atoms with Crippen LogP contribution >= 0.6 is 0 Å². The maximum atomic E-state index is 12.7. The number of nitrogens with one attached hydrogen (secondary N) is 2. The van der Waals surface area contributed by atoms with Crippen LogP contribution in [0.5, 0.6) is 0 Å². The first-order valence-corrected chi connectivity index (χ1v) is 10.7. The van der Waals surface area contributed by atoms with Gasteiger partial charge >= 0.3 is 12.1 Å². The molecule has 1 atom stereocenters. The summed E-state index contributed by atoms with van der Waals surface area (Å²) in [5.41, 5.74) is 3.23. The smallest absolute Gasteiger partial charge is 0.408 e. The highest BCUT2D eigenvalue weighted by Crippen LogP contribution is 2.44. The third-order valence-corrected chi connectivity index (χ3v) is 6.35. The summed E-state index contributed by atoms with van der Waals surface area (Å²) in [6.07, 6.45) is 0.704. The molecule has 4 rings (SSSR count). The number of rotatable bonds is 8. The number of carbonyl (C=O) groups is 3. The zero-order valence-electron chi connectivity index (χ0n) is 17.5. The van der Waals surface area contributed by atoms with E-state index in [1.54, 1.807) is 0 Å². The van der Waals surface area contributed by atoms with Crippen LogP contribution in [0.25, 0.3) is 11.1 Å². The molecule has 168 valence electrons. The largest absolute Gasteiger partial charge is 0.480 e. The van der Waals surface area contributed by atoms with E-state index in [1.807, 2.05) is 48.5 Å². The lowest BCUT2D eigenvalue weighted by molar-refractivity contribution is -0.144. The van der Waals surface area contributed by atoms with Gasteiger partial charge in [0.05, 0.1) is 0 Å². The van der Waals surface area contributed by atoms with Gasteiger partial charge < -0.3 is 25.6 Å². The van der Waals surface area contributed by atoms with Crippen molar-refractivity contribution in [2.24, 2.45) is 0 Å². The van der Waals surface area contributed by atoms with Gasteiger partial charge in [0, 0.05) is 18.9 Å². The van der Waals surface area contributed by atoms with E-state index in [0.29, 0.717) is 12.8 Å². The van der Waals surface area contributed by atoms with Gasteiger partial charge in [-0.15, -0.1) is 0 Å². The van der Waals surface area contributed by atoms with Crippen molar-refractivity contribution in [2.45, 2.75) is 43.2 Å². The summed E-state index contributed by atoms with van der Waals surface area (Å²) in [7, 11) is 0. The Balaban J connectivity index is 1.41. The first-order valence-electron chi connectivity index (χ1n) is 10.7. The van der Waals surface area contributed by atoms with Crippen molar-refractivity contribution in [3.05, 3.63) is 59.7 Å². The van der Waals surface area contributed by atoms with Crippen molar-refractivity contribution in [2.75, 3.05) is 13.2 Å². The Hall–Kier alpha value is -3.39. The molecule has 4 N–H and O–H groups in total. The Labute approximate surface area is 185 Å². The molecule has 2 aromatic carbocycles. The minimum Gasteiger partial charge on any atom is -0.480 e. The summed E-state index contributed by atoms with van der Waals surface area (Å²) in [4.78, 5) is 36.6. The number of benzene rings is 2. The Morgan fingerprint density at radius 1 is 1.03 bits per heavy atom. The molecule has 0 aliphatic heterocycles. The van der Waals surface area contributed by atoms with Crippen LogP contribution in [0.1, 0.15) is 42.7 Å². The minimum absolute atomic E-state index is 0.0970. The van der Waals surface area contributed by atoms with Gasteiger partial charge in [-0.3, -0.25) is 4.79 Å². The zero-order valence-corrected chi connectivity index (χ0v) is 17.5. The number of carbonyl (C=O) groups excluding carboxylic acids is 2. The highest BCUT2D eigenvalue weighted by molar-refractivity contribution is 5.93. The standard InChI is InChI=1S/C24H26N2O6/c27-13-10-20(21(28)29)25-22(30)24(11-5-12-24)26-23(31)32-14-19-17-8-3-1-6-15(17)16-7-2-4-9-18(16)19/h1-4,6-9,19-20,27H,5,10-14H2,(H,25,30)(H,26,31)(H,28,29)/t20-/m0/s1. The molecule has 2 amide bonds. The van der Waals surface area contributed by atoms with Crippen LogP contribution in [-0.2, 0) is 14.3 Å². The third-order valence-electron chi connectivity index (χ3n) is 6.35. The van der Waals surface area contributed by atoms with E-state index in [9.17, 15) is 19.5 Å². The molecule has 0 heterocycles. The molecular weight excluding hydrogens is 412 g/mol. The van der Waals surface area contributed by atoms with E-state index in [0.717, 1.165) is 28.7 Å². The zero-order chi connectivity index (χ0) is 22.7. The molecule has 1 fully saturated rings. The van der Waals surface area contributed by atoms with Gasteiger partial charge in [-0.05, 0) is 41.5 Å². The summed E-state index contributed by atoms with van der Waals surface area (Å²) in [5.74, 6) is -1.90. The number of aliphatic hydroxyl groups excluding tert-OH is 1. The number of carboxylic acids is 1. The molecular formula is C24H26N2O6. The monoisotopic (exact) mass is 438 g/mol. The number of amides is 2. The van der Waals surface area contributed by atoms with Gasteiger partial charge in [-0.2, -0.15) is 0 Å². The highest BCUT2D eigenvalue weighted by atomic mass is 16.5. The second kappa shape index (κ2) is 9.00. The SMILES string of the molecule is O=C(NC1(C(=O)N[C@@H](CCO)C(=O)O)CCC1)OCC1c2ccccc2-c2ccccc21. The fourth-order valence-electron chi connectivity index (χ4n) is 4.45. The van der Waals surface area contributed by atoms with Crippen molar-refractivity contribution < 1.29 is 29.3 Å². The van der Waals surface area contributed by atoms with Crippen LogP contribution in [0.15, 0.2) is 48.5 Å². The predicted octanol–water partition coefficient (Wildman–Crippen LogP) is 2.40. The number of hydrogen-bond acceptors (Lipinski definition) is 5. The van der Waals surface area contributed by atoms with Gasteiger partial charge in [0.15, 0.2) is 0 Å². The van der Waals surface area contributed by atoms with Crippen molar-refractivity contribution in [3.63, 3.8) is 0 Å². The van der Waals surface area contributed by atoms with Crippen LogP contribution in [0.2, 0.25) is 0 Å². The molecule has 2 aromatic rings. The van der Waals surface area contributed by atoms with Crippen LogP contribution in [0.3, 0.4) is 0 Å². The molecule has 0 spiro atoms. The lowest BCUT2D eigenvalue weighted by Gasteiger charge is -2.40. The second-order valence-corrected chi connectivity index (χ2v) is 8.26. The lowest BCUT2D eigenvalue weighted by Crippen LogP contribution is -2.64. The molecule has 2 aliphatic rings. The normalized spacial score (nSPS) is 16.8. The molecule has 8 nitrogen and oxygen atoms in total. The van der Waals surface area contributed by atoms with Crippen molar-refractivity contribution in [1.29, 1.82) is 0 Å². The average Bonchev–Trinajstić information content (AvgIpc) is 3.08. The van der Waals surface area contributed by atoms with E-state index in [1.165, 1.54) is 0 Å². The number of hydrogen-bond donors (Lipinski definition) is 4. The van der Waals surface area contributed by atoms with Gasteiger partial charge in [-0.1, -0.05) is 48.5 Å². The van der Waals surface area contributed by atoms with Crippen molar-refractivity contribution >= 4 is 18.0 Å². The number of fused-ring (bicyclic) bond motifs is 3. The molecule has 2 aliphatic carbocycles. The molecule has 0 aromatic heterocycles. The number of aliphatic hydroxyl groups is 1. The van der Waals surface area contributed by atoms with Crippen LogP contribution in [0, 0.1) is 0 Å². The summed E-state index contributed by atoms with van der Waals surface area (Å²) in [5, 5.41) is 23.3. The fraction of sp³-hybridized carbons (Fsp3) is 0.375. The molecule has 0 radical (unpaired) electrons. The van der Waals surface area contributed by atoms with Crippen molar-refractivity contribution in [3.8, 4) is 11.1 Å². The number of ether oxygens (including phenoxy) is 1. The van der Waals surface area contributed by atoms with E-state index >= 15 is 0 Å². The Morgan fingerprint density at radius 2 is 1.62 bits per heavy atom. The number of carboxylic acid groups (broad SMARTS) is 1. The summed E-state index contributed by atoms with van der Waals surface area (Å²) in [6.45, 7) is -0.246. The number of alkyl carbamates (subject to hydrolysis) is 1. The highest BCUT2D eigenvalue weighted by Gasteiger charge is 2.47. The Bertz CT molecular complexity index is 987. The maximum Gasteiger partial charge on any atom is 0.408 e. The quantitative estimate of drug-likeness (QED) is 0.502. The van der Waals surface area contributed by atoms with Crippen LogP contribution in [0.4, 0.5) is 4.79 Å². The first kappa shape index (κ1) is 21.8. The average molecular weight is 438 g/mol. The van der Waals surface area contributed by atoms with Gasteiger partial charge in [-0.25, -0.2) is 9.59 Å². The van der Waals surface area contributed by atoms with Gasteiger partial charge in [0.2, 0.25) is 5.91 Å². The molecule has 0 bridgehead atoms. The summed E-state index contributed by atoms with van der Waals surface area (Å²) < 4.78 is 5.53. The third kappa shape index (κ3) is 4.05. The van der Waals surface area contributed by atoms with Crippen LogP contribution < -0.4 is 10.6 Å². The molecule has 0 saturated heterocycles. The predicted molar refractivity (Wildman–Crippen MR) is 116 cm³/mol. The van der Waals surface area contributed by atoms with E-state index in [-0.39, 0.29) is 25.6 Å². The van der Waals surface area contributed by atoms with Crippen molar-refractivity contribution in [1.82, 2.24) is 10.6 Å². The first-order chi connectivity index (χ1) is 15.4. The summed E-state index contributed by atoms with van der Waals surface area (Å²) in [6, 6.07) is 14.8. The van der Waals surface area contributed by atoms with Gasteiger partial charge in [0.25, 0.3) is 0 Å². The molecule has 1 saturated carbocycles. The van der Waals surface area contributed by atoms with E-state index in [2.05, 4.69) is 10.6 Å². The molecule has 0 unspecified atom stereocenters.